The Morgan fingerprint density at radius 2 is 0.742 bits per heavy atom. The molecule has 0 aromatic rings. The van der Waals surface area contributed by atoms with Crippen molar-refractivity contribution in [3.63, 3.8) is 0 Å². The second kappa shape index (κ2) is 26.2. The van der Waals surface area contributed by atoms with E-state index >= 15 is 0 Å². The summed E-state index contributed by atoms with van der Waals surface area (Å²) in [6.45, 7) is 4.40. The summed E-state index contributed by atoms with van der Waals surface area (Å²) in [5.74, 6) is -2.92. The van der Waals surface area contributed by atoms with Crippen LogP contribution in [-0.2, 0) is 9.59 Å². The summed E-state index contributed by atoms with van der Waals surface area (Å²) < 4.78 is 0. The molecule has 0 heterocycles. The monoisotopic (exact) mass is 472 g/mol. The van der Waals surface area contributed by atoms with Gasteiger partial charge in [-0.3, -0.25) is 0 Å². The summed E-state index contributed by atoms with van der Waals surface area (Å²) in [7, 11) is 0. The van der Waals surface area contributed by atoms with Crippen LogP contribution in [0.4, 0.5) is 0 Å². The van der Waals surface area contributed by atoms with E-state index in [0.717, 1.165) is 38.5 Å². The molecule has 0 bridgehead atoms. The summed E-state index contributed by atoms with van der Waals surface area (Å²) >= 11 is 0. The molecule has 0 radical (unpaired) electrons. The van der Waals surface area contributed by atoms with Crippen molar-refractivity contribution in [1.82, 2.24) is 0 Å². The third-order valence-corrected chi connectivity index (χ3v) is 6.20. The molecule has 4 nitrogen and oxygen atoms in total. The van der Waals surface area contributed by atoms with Gasteiger partial charge in [0.1, 0.15) is 0 Å². The Labute approximate surface area is 257 Å². The van der Waals surface area contributed by atoms with Crippen LogP contribution >= 0.6 is 0 Å². The SMILES string of the molecule is CCCCCCCCCCCCC(CCCCCCCCCC)(C(=O)[O-])C(=O)[O-].[K+].[Na+]. The Morgan fingerprint density at radius 3 is 0.968 bits per heavy atom. The van der Waals surface area contributed by atoms with Crippen LogP contribution in [0.1, 0.15) is 142 Å². The van der Waals surface area contributed by atoms with Gasteiger partial charge >= 0.3 is 80.9 Å². The minimum atomic E-state index is -1.80. The average molecular weight is 473 g/mol. The van der Waals surface area contributed by atoms with Gasteiger partial charge in [0.2, 0.25) is 0 Å². The Balaban J connectivity index is -0.00000392. The van der Waals surface area contributed by atoms with Crippen LogP contribution in [0.15, 0.2) is 0 Å². The van der Waals surface area contributed by atoms with Crippen molar-refractivity contribution >= 4 is 11.9 Å². The summed E-state index contributed by atoms with van der Waals surface area (Å²) in [5, 5.41) is 23.3. The first-order valence-corrected chi connectivity index (χ1v) is 12.4. The molecule has 0 amide bonds. The van der Waals surface area contributed by atoms with Crippen LogP contribution in [0.3, 0.4) is 0 Å². The Hall–Kier alpha value is 1.58. The fraction of sp³-hybridized carbons (Fsp3) is 0.920. The molecule has 0 saturated carbocycles. The van der Waals surface area contributed by atoms with Crippen molar-refractivity contribution in [3.05, 3.63) is 0 Å². The molecule has 0 aliphatic heterocycles. The molecular formula is C25H46KNaO4. The number of aliphatic carboxylic acids is 2. The van der Waals surface area contributed by atoms with Crippen molar-refractivity contribution in [2.75, 3.05) is 0 Å². The maximum Gasteiger partial charge on any atom is 1.00 e. The molecule has 0 spiro atoms. The van der Waals surface area contributed by atoms with Gasteiger partial charge in [0.15, 0.2) is 0 Å². The van der Waals surface area contributed by atoms with E-state index < -0.39 is 17.4 Å². The summed E-state index contributed by atoms with van der Waals surface area (Å²) in [4.78, 5) is 23.3. The Bertz CT molecular complexity index is 404. The molecule has 31 heavy (non-hydrogen) atoms. The van der Waals surface area contributed by atoms with Crippen LogP contribution in [-0.4, -0.2) is 11.9 Å². The fourth-order valence-corrected chi connectivity index (χ4v) is 4.09. The first-order valence-electron chi connectivity index (χ1n) is 12.4. The molecule has 0 atom stereocenters. The zero-order chi connectivity index (χ0) is 21.8. The molecule has 172 valence electrons. The number of rotatable bonds is 22. The molecule has 0 saturated heterocycles. The fourth-order valence-electron chi connectivity index (χ4n) is 4.09. The molecule has 0 rings (SSSR count). The van der Waals surface area contributed by atoms with Gasteiger partial charge in [0.05, 0.1) is 11.9 Å². The maximum atomic E-state index is 11.7. The second-order valence-corrected chi connectivity index (χ2v) is 8.81. The van der Waals surface area contributed by atoms with Gasteiger partial charge in [0.25, 0.3) is 0 Å². The topological polar surface area (TPSA) is 80.3 Å². The van der Waals surface area contributed by atoms with Crippen molar-refractivity contribution in [1.29, 1.82) is 0 Å². The van der Waals surface area contributed by atoms with Gasteiger partial charge in [-0.15, -0.1) is 0 Å². The van der Waals surface area contributed by atoms with Crippen LogP contribution < -0.4 is 91.2 Å². The predicted octanol–water partition coefficient (Wildman–Crippen LogP) is -0.678. The van der Waals surface area contributed by atoms with Crippen molar-refractivity contribution in [2.24, 2.45) is 5.41 Å². The summed E-state index contributed by atoms with van der Waals surface area (Å²) in [6, 6.07) is 0. The molecule has 0 aliphatic carbocycles. The molecule has 0 N–H and O–H groups in total. The standard InChI is InChI=1S/C25H48O4.K.Na/c1-3-5-7-9-11-13-14-16-18-20-22-25(23(26)27,24(28)29)21-19-17-15-12-10-8-6-4-2;;/h3-22H2,1-2H3,(H,26,27)(H,28,29);;/q;2*+1/p-2. The third-order valence-electron chi connectivity index (χ3n) is 6.20. The molecule has 6 heteroatoms. The predicted molar refractivity (Wildman–Crippen MR) is 116 cm³/mol. The van der Waals surface area contributed by atoms with Crippen LogP contribution in [0, 0.1) is 5.41 Å². The molecule has 0 aromatic carbocycles. The Morgan fingerprint density at radius 1 is 0.516 bits per heavy atom. The van der Waals surface area contributed by atoms with Crippen molar-refractivity contribution < 1.29 is 101 Å². The number of unbranched alkanes of at least 4 members (excludes halogenated alkanes) is 16. The van der Waals surface area contributed by atoms with E-state index in [1.54, 1.807) is 0 Å². The van der Waals surface area contributed by atoms with Crippen LogP contribution in [0.2, 0.25) is 0 Å². The molecular weight excluding hydrogens is 426 g/mol. The van der Waals surface area contributed by atoms with Gasteiger partial charge < -0.3 is 19.8 Å². The van der Waals surface area contributed by atoms with Crippen LogP contribution in [0.5, 0.6) is 0 Å². The van der Waals surface area contributed by atoms with E-state index in [1.165, 1.54) is 64.2 Å². The number of carboxylic acids is 2. The molecule has 0 aliphatic rings. The van der Waals surface area contributed by atoms with E-state index in [4.69, 9.17) is 0 Å². The number of carbonyl (C=O) groups excluding carboxylic acids is 2. The minimum Gasteiger partial charge on any atom is -0.549 e. The molecule has 0 unspecified atom stereocenters. The van der Waals surface area contributed by atoms with Crippen molar-refractivity contribution in [3.8, 4) is 0 Å². The van der Waals surface area contributed by atoms with E-state index in [-0.39, 0.29) is 93.8 Å². The van der Waals surface area contributed by atoms with E-state index in [9.17, 15) is 19.8 Å². The quantitative estimate of drug-likeness (QED) is 0.119. The third kappa shape index (κ3) is 19.6. The number of hydrogen-bond donors (Lipinski definition) is 0. The second-order valence-electron chi connectivity index (χ2n) is 8.81. The number of hydrogen-bond acceptors (Lipinski definition) is 4. The zero-order valence-corrected chi connectivity index (χ0v) is 26.4. The van der Waals surface area contributed by atoms with Gasteiger partial charge in [-0.25, -0.2) is 0 Å². The van der Waals surface area contributed by atoms with Crippen molar-refractivity contribution in [2.45, 2.75) is 142 Å². The normalized spacial score (nSPS) is 10.9. The first kappa shape index (κ1) is 37.1. The van der Waals surface area contributed by atoms with E-state index in [2.05, 4.69) is 13.8 Å². The van der Waals surface area contributed by atoms with Gasteiger partial charge in [0, 0.05) is 5.41 Å². The van der Waals surface area contributed by atoms with Gasteiger partial charge in [-0.2, -0.15) is 0 Å². The molecule has 0 fully saturated rings. The average Bonchev–Trinajstić information content (AvgIpc) is 2.69. The smallest absolute Gasteiger partial charge is 0.549 e. The summed E-state index contributed by atoms with van der Waals surface area (Å²) in [5.41, 5.74) is -1.80. The number of carboxylic acid groups (broad SMARTS) is 2. The van der Waals surface area contributed by atoms with E-state index in [0.29, 0.717) is 12.8 Å². The van der Waals surface area contributed by atoms with Gasteiger partial charge in [-0.1, -0.05) is 129 Å². The van der Waals surface area contributed by atoms with E-state index in [1.807, 2.05) is 0 Å². The Kier molecular flexibility index (Phi) is 31.4. The molecule has 0 aromatic heterocycles. The summed E-state index contributed by atoms with van der Waals surface area (Å²) in [6.07, 6.45) is 20.3. The zero-order valence-electron chi connectivity index (χ0n) is 21.3. The maximum absolute atomic E-state index is 11.7. The van der Waals surface area contributed by atoms with Crippen LogP contribution in [0.25, 0.3) is 0 Å². The minimum absolute atomic E-state index is 0. The van der Waals surface area contributed by atoms with Gasteiger partial charge in [-0.05, 0) is 12.8 Å². The largest absolute Gasteiger partial charge is 1.00 e. The first-order chi connectivity index (χ1) is 14.0. The number of carbonyl (C=O) groups is 2.